The van der Waals surface area contributed by atoms with E-state index in [0.717, 1.165) is 68.4 Å². The number of alkyl halides is 3. The zero-order chi connectivity index (χ0) is 23.3. The molecule has 10 heteroatoms. The molecule has 0 aliphatic heterocycles. The highest BCUT2D eigenvalue weighted by molar-refractivity contribution is 6.33. The third-order valence-electron chi connectivity index (χ3n) is 5.62. The number of nitrogens with zero attached hydrogens (tertiary/aromatic N) is 2. The average Bonchev–Trinajstić information content (AvgIpc) is 2.73. The first kappa shape index (κ1) is 27.2. The van der Waals surface area contributed by atoms with Crippen molar-refractivity contribution in [3.05, 3.63) is 58.2 Å². The molecular weight excluding hydrogens is 476 g/mol. The molecule has 5 nitrogen and oxygen atoms in total. The van der Waals surface area contributed by atoms with Crippen LogP contribution in [0.5, 0.6) is 0 Å². The normalized spacial score (nSPS) is 18.5. The lowest BCUT2D eigenvalue weighted by Gasteiger charge is -2.29. The van der Waals surface area contributed by atoms with E-state index in [1.807, 2.05) is 26.4 Å². The van der Waals surface area contributed by atoms with Crippen LogP contribution in [-0.2, 0) is 12.7 Å². The SMILES string of the molecule is CN(C)Cc1ccc(NC[C@H]2CC[C@H](NC(=O)c3cc(C(F)(F)F)ccc3Cl)CC2)nc1.Cl. The van der Waals surface area contributed by atoms with Crippen molar-refractivity contribution in [3.63, 3.8) is 0 Å². The van der Waals surface area contributed by atoms with Gasteiger partial charge < -0.3 is 15.5 Å². The largest absolute Gasteiger partial charge is 0.416 e. The first-order valence-electron chi connectivity index (χ1n) is 10.6. The minimum absolute atomic E-state index is 0. The number of rotatable bonds is 7. The zero-order valence-corrected chi connectivity index (χ0v) is 20.2. The lowest BCUT2D eigenvalue weighted by molar-refractivity contribution is -0.137. The van der Waals surface area contributed by atoms with Gasteiger partial charge in [0.05, 0.1) is 16.1 Å². The molecule has 0 atom stereocenters. The van der Waals surface area contributed by atoms with Crippen molar-refractivity contribution in [2.45, 2.75) is 44.4 Å². The second-order valence-electron chi connectivity index (χ2n) is 8.55. The van der Waals surface area contributed by atoms with Gasteiger partial charge in [-0.05, 0) is 75.5 Å². The first-order valence-corrected chi connectivity index (χ1v) is 11.0. The summed E-state index contributed by atoms with van der Waals surface area (Å²) in [6.45, 7) is 1.63. The minimum atomic E-state index is -4.52. The fraction of sp³-hybridized carbons (Fsp3) is 0.478. The number of aromatic nitrogens is 1. The van der Waals surface area contributed by atoms with Crippen LogP contribution >= 0.6 is 24.0 Å². The highest BCUT2D eigenvalue weighted by Crippen LogP contribution is 2.32. The number of hydrogen-bond donors (Lipinski definition) is 2. The molecule has 2 N–H and O–H groups in total. The molecule has 1 aliphatic rings. The number of halogens is 5. The fourth-order valence-electron chi connectivity index (χ4n) is 3.89. The Labute approximate surface area is 203 Å². The van der Waals surface area contributed by atoms with Gasteiger partial charge in [-0.3, -0.25) is 4.79 Å². The van der Waals surface area contributed by atoms with E-state index < -0.39 is 17.6 Å². The Morgan fingerprint density at radius 1 is 1.15 bits per heavy atom. The van der Waals surface area contributed by atoms with Crippen molar-refractivity contribution in [1.82, 2.24) is 15.2 Å². The number of benzene rings is 1. The van der Waals surface area contributed by atoms with Crippen LogP contribution in [0.4, 0.5) is 19.0 Å². The summed E-state index contributed by atoms with van der Waals surface area (Å²) in [7, 11) is 4.03. The summed E-state index contributed by atoms with van der Waals surface area (Å²) in [5.74, 6) is 0.718. The van der Waals surface area contributed by atoms with Gasteiger partial charge in [-0.2, -0.15) is 13.2 Å². The van der Waals surface area contributed by atoms with E-state index in [0.29, 0.717) is 5.92 Å². The number of pyridine rings is 1. The quantitative estimate of drug-likeness (QED) is 0.512. The van der Waals surface area contributed by atoms with Gasteiger partial charge >= 0.3 is 6.18 Å². The third kappa shape index (κ3) is 8.05. The van der Waals surface area contributed by atoms with E-state index in [9.17, 15) is 18.0 Å². The molecule has 1 aliphatic carbocycles. The van der Waals surface area contributed by atoms with Crippen LogP contribution in [0.25, 0.3) is 0 Å². The Morgan fingerprint density at radius 3 is 2.42 bits per heavy atom. The van der Waals surface area contributed by atoms with E-state index in [4.69, 9.17) is 11.6 Å². The maximum atomic E-state index is 12.9. The Hall–Kier alpha value is -2.03. The Kier molecular flexibility index (Phi) is 9.82. The molecule has 33 heavy (non-hydrogen) atoms. The van der Waals surface area contributed by atoms with Gasteiger partial charge in [0.1, 0.15) is 5.82 Å². The number of amides is 1. The molecule has 0 radical (unpaired) electrons. The van der Waals surface area contributed by atoms with Gasteiger partial charge in [-0.1, -0.05) is 17.7 Å². The molecule has 1 aromatic heterocycles. The Bertz CT molecular complexity index is 915. The lowest BCUT2D eigenvalue weighted by atomic mass is 9.86. The van der Waals surface area contributed by atoms with Crippen LogP contribution in [0.1, 0.15) is 47.2 Å². The predicted molar refractivity (Wildman–Crippen MR) is 127 cm³/mol. The van der Waals surface area contributed by atoms with Crippen LogP contribution in [0, 0.1) is 5.92 Å². The van der Waals surface area contributed by atoms with E-state index in [2.05, 4.69) is 26.6 Å². The molecule has 0 saturated heterocycles. The van der Waals surface area contributed by atoms with Crippen molar-refractivity contribution in [1.29, 1.82) is 0 Å². The number of carbonyl (C=O) groups is 1. The molecule has 3 rings (SSSR count). The molecular formula is C23H29Cl2F3N4O. The van der Waals surface area contributed by atoms with Gasteiger partial charge in [0, 0.05) is 25.3 Å². The summed E-state index contributed by atoms with van der Waals surface area (Å²) < 4.78 is 38.8. The first-order chi connectivity index (χ1) is 15.1. The molecule has 1 fully saturated rings. The van der Waals surface area contributed by atoms with Crippen molar-refractivity contribution < 1.29 is 18.0 Å². The monoisotopic (exact) mass is 504 g/mol. The number of carbonyl (C=O) groups excluding carboxylic acids is 1. The van der Waals surface area contributed by atoms with Crippen molar-refractivity contribution in [2.75, 3.05) is 26.0 Å². The highest BCUT2D eigenvalue weighted by atomic mass is 35.5. The minimum Gasteiger partial charge on any atom is -0.370 e. The molecule has 0 bridgehead atoms. The topological polar surface area (TPSA) is 57.3 Å². The van der Waals surface area contributed by atoms with E-state index in [1.165, 1.54) is 0 Å². The maximum Gasteiger partial charge on any atom is 0.416 e. The maximum absolute atomic E-state index is 12.9. The third-order valence-corrected chi connectivity index (χ3v) is 5.95. The molecule has 0 spiro atoms. The van der Waals surface area contributed by atoms with E-state index in [-0.39, 0.29) is 29.0 Å². The van der Waals surface area contributed by atoms with Crippen molar-refractivity contribution >= 4 is 35.7 Å². The summed E-state index contributed by atoms with van der Waals surface area (Å²) in [6, 6.07) is 6.76. The van der Waals surface area contributed by atoms with E-state index in [1.54, 1.807) is 0 Å². The van der Waals surface area contributed by atoms with E-state index >= 15 is 0 Å². The Balaban J connectivity index is 0.00000385. The summed E-state index contributed by atoms with van der Waals surface area (Å²) in [5.41, 5.74) is 0.122. The lowest BCUT2D eigenvalue weighted by Crippen LogP contribution is -2.38. The van der Waals surface area contributed by atoms with Gasteiger partial charge in [0.25, 0.3) is 5.91 Å². The number of anilines is 1. The molecule has 1 heterocycles. The standard InChI is InChI=1S/C23H28ClF3N4O.ClH/c1-31(2)14-16-5-10-21(29-13-16)28-12-15-3-7-18(8-4-15)30-22(32)19-11-17(23(25,26)27)6-9-20(19)24;/h5-6,9-11,13,15,18H,3-4,7-8,12,14H2,1-2H3,(H,28,29)(H,30,32);1H/t15-,18-;. The van der Waals surface area contributed by atoms with Crippen LogP contribution in [0.15, 0.2) is 36.5 Å². The second-order valence-corrected chi connectivity index (χ2v) is 8.96. The number of hydrogen-bond acceptors (Lipinski definition) is 4. The van der Waals surface area contributed by atoms with Crippen LogP contribution in [0.3, 0.4) is 0 Å². The average molecular weight is 505 g/mol. The molecule has 182 valence electrons. The molecule has 1 saturated carbocycles. The fourth-order valence-corrected chi connectivity index (χ4v) is 4.09. The summed E-state index contributed by atoms with van der Waals surface area (Å²) in [6.07, 6.45) is 0.702. The van der Waals surface area contributed by atoms with Crippen molar-refractivity contribution in [3.8, 4) is 0 Å². The van der Waals surface area contributed by atoms with Crippen LogP contribution < -0.4 is 10.6 Å². The summed E-state index contributed by atoms with van der Waals surface area (Å²) in [5, 5.41) is 6.22. The second kappa shape index (κ2) is 11.9. The summed E-state index contributed by atoms with van der Waals surface area (Å²) in [4.78, 5) is 19.0. The van der Waals surface area contributed by atoms with Gasteiger partial charge in [0.2, 0.25) is 0 Å². The van der Waals surface area contributed by atoms with Gasteiger partial charge in [-0.15, -0.1) is 12.4 Å². The zero-order valence-electron chi connectivity index (χ0n) is 18.6. The number of nitrogens with one attached hydrogen (secondary N) is 2. The van der Waals surface area contributed by atoms with Gasteiger partial charge in [0.15, 0.2) is 0 Å². The molecule has 1 aromatic carbocycles. The predicted octanol–water partition coefficient (Wildman–Crippen LogP) is 5.64. The van der Waals surface area contributed by atoms with Crippen LogP contribution in [0.2, 0.25) is 5.02 Å². The van der Waals surface area contributed by atoms with Gasteiger partial charge in [-0.25, -0.2) is 4.98 Å². The highest BCUT2D eigenvalue weighted by Gasteiger charge is 2.32. The molecule has 0 unspecified atom stereocenters. The molecule has 2 aromatic rings. The summed E-state index contributed by atoms with van der Waals surface area (Å²) >= 11 is 5.97. The smallest absolute Gasteiger partial charge is 0.370 e. The molecule has 1 amide bonds. The van der Waals surface area contributed by atoms with Crippen LogP contribution in [-0.4, -0.2) is 42.5 Å². The van der Waals surface area contributed by atoms with Crippen molar-refractivity contribution in [2.24, 2.45) is 5.92 Å². The Morgan fingerprint density at radius 2 is 1.85 bits per heavy atom.